The number of fused-ring (bicyclic) bond motifs is 1. The first-order valence-electron chi connectivity index (χ1n) is 7.20. The van der Waals surface area contributed by atoms with E-state index < -0.39 is 17.9 Å². The number of carbonyl (C=O) groups is 2. The molecule has 0 saturated carbocycles. The fourth-order valence-electron chi connectivity index (χ4n) is 2.39. The van der Waals surface area contributed by atoms with Gasteiger partial charge in [0.25, 0.3) is 11.8 Å². The standard InChI is InChI=1S/C16H13Cl2N3O4/c17-11-6-5-10-14(20-12(22)7-25-15(10)13(11)18)16(23)19-8-1-3-9(21-24)4-2-8/h1-6,14,21,24H,7H2,(H,19,23)(H,20,22). The van der Waals surface area contributed by atoms with E-state index in [4.69, 9.17) is 33.1 Å². The third-order valence-electron chi connectivity index (χ3n) is 3.59. The molecule has 1 aliphatic heterocycles. The van der Waals surface area contributed by atoms with E-state index in [0.29, 0.717) is 16.9 Å². The van der Waals surface area contributed by atoms with Gasteiger partial charge in [-0.05, 0) is 30.3 Å². The van der Waals surface area contributed by atoms with Crippen LogP contribution in [0.3, 0.4) is 0 Å². The van der Waals surface area contributed by atoms with Crippen LogP contribution in [0.2, 0.25) is 10.0 Å². The molecule has 9 heteroatoms. The molecule has 0 aromatic heterocycles. The van der Waals surface area contributed by atoms with Crippen LogP contribution < -0.4 is 20.9 Å². The lowest BCUT2D eigenvalue weighted by molar-refractivity contribution is -0.127. The highest BCUT2D eigenvalue weighted by Crippen LogP contribution is 2.39. The molecule has 3 rings (SSSR count). The number of benzene rings is 2. The van der Waals surface area contributed by atoms with Gasteiger partial charge in [-0.1, -0.05) is 29.3 Å². The Morgan fingerprint density at radius 1 is 1.16 bits per heavy atom. The summed E-state index contributed by atoms with van der Waals surface area (Å²) in [6, 6.07) is 8.48. The molecule has 130 valence electrons. The quantitative estimate of drug-likeness (QED) is 0.612. The van der Waals surface area contributed by atoms with Crippen molar-refractivity contribution < 1.29 is 19.5 Å². The first-order valence-corrected chi connectivity index (χ1v) is 7.96. The molecule has 7 nitrogen and oxygen atoms in total. The lowest BCUT2D eigenvalue weighted by Gasteiger charge is -2.18. The number of hydrogen-bond donors (Lipinski definition) is 4. The summed E-state index contributed by atoms with van der Waals surface area (Å²) < 4.78 is 5.39. The van der Waals surface area contributed by atoms with Crippen molar-refractivity contribution in [3.63, 3.8) is 0 Å². The number of rotatable bonds is 3. The fraction of sp³-hybridized carbons (Fsp3) is 0.125. The van der Waals surface area contributed by atoms with Gasteiger partial charge in [-0.25, -0.2) is 0 Å². The maximum absolute atomic E-state index is 12.7. The van der Waals surface area contributed by atoms with Crippen LogP contribution in [-0.4, -0.2) is 23.6 Å². The van der Waals surface area contributed by atoms with Gasteiger partial charge in [0, 0.05) is 11.3 Å². The molecule has 2 amide bonds. The van der Waals surface area contributed by atoms with Crippen molar-refractivity contribution in [2.45, 2.75) is 6.04 Å². The molecule has 0 fully saturated rings. The van der Waals surface area contributed by atoms with Crippen molar-refractivity contribution in [1.82, 2.24) is 5.32 Å². The van der Waals surface area contributed by atoms with E-state index in [1.54, 1.807) is 30.3 Å². The maximum Gasteiger partial charge on any atom is 0.258 e. The van der Waals surface area contributed by atoms with E-state index >= 15 is 0 Å². The Morgan fingerprint density at radius 2 is 1.84 bits per heavy atom. The molecule has 2 aromatic carbocycles. The van der Waals surface area contributed by atoms with Crippen LogP contribution in [0.25, 0.3) is 0 Å². The van der Waals surface area contributed by atoms with Gasteiger partial charge in [-0.15, -0.1) is 0 Å². The second-order valence-corrected chi connectivity index (χ2v) is 6.03. The second kappa shape index (κ2) is 7.18. The van der Waals surface area contributed by atoms with Gasteiger partial charge in [-0.3, -0.25) is 20.3 Å². The summed E-state index contributed by atoms with van der Waals surface area (Å²) >= 11 is 12.1. The predicted octanol–water partition coefficient (Wildman–Crippen LogP) is 2.98. The molecule has 2 aromatic rings. The van der Waals surface area contributed by atoms with Gasteiger partial charge in [0.1, 0.15) is 16.8 Å². The zero-order valence-corrected chi connectivity index (χ0v) is 14.2. The Balaban J connectivity index is 1.90. The average Bonchev–Trinajstić information content (AvgIpc) is 2.78. The van der Waals surface area contributed by atoms with Crippen LogP contribution in [-0.2, 0) is 9.59 Å². The Hall–Kier alpha value is -2.48. The molecular formula is C16H13Cl2N3O4. The zero-order valence-electron chi connectivity index (χ0n) is 12.7. The van der Waals surface area contributed by atoms with Crippen LogP contribution >= 0.6 is 23.2 Å². The summed E-state index contributed by atoms with van der Waals surface area (Å²) in [6.07, 6.45) is 0. The van der Waals surface area contributed by atoms with E-state index in [2.05, 4.69) is 10.6 Å². The van der Waals surface area contributed by atoms with Crippen LogP contribution in [0.15, 0.2) is 36.4 Å². The molecule has 0 radical (unpaired) electrons. The van der Waals surface area contributed by atoms with Crippen molar-refractivity contribution >= 4 is 46.4 Å². The summed E-state index contributed by atoms with van der Waals surface area (Å²) in [7, 11) is 0. The Morgan fingerprint density at radius 3 is 2.52 bits per heavy atom. The fourth-order valence-corrected chi connectivity index (χ4v) is 2.76. The van der Waals surface area contributed by atoms with Crippen LogP contribution in [0.1, 0.15) is 11.6 Å². The Bertz CT molecular complexity index is 827. The molecule has 0 saturated heterocycles. The molecule has 1 atom stereocenters. The summed E-state index contributed by atoms with van der Waals surface area (Å²) in [4.78, 5) is 24.5. The average molecular weight is 382 g/mol. The van der Waals surface area contributed by atoms with Gasteiger partial charge in [-0.2, -0.15) is 0 Å². The third kappa shape index (κ3) is 3.63. The molecule has 1 aliphatic rings. The van der Waals surface area contributed by atoms with Gasteiger partial charge in [0.15, 0.2) is 6.61 Å². The first-order chi connectivity index (χ1) is 12.0. The van der Waals surface area contributed by atoms with E-state index in [9.17, 15) is 9.59 Å². The number of anilines is 2. The Labute approximate surface area is 152 Å². The largest absolute Gasteiger partial charge is 0.482 e. The molecule has 0 bridgehead atoms. The van der Waals surface area contributed by atoms with E-state index in [1.165, 1.54) is 6.07 Å². The topological polar surface area (TPSA) is 99.7 Å². The lowest BCUT2D eigenvalue weighted by atomic mass is 10.0. The van der Waals surface area contributed by atoms with E-state index in [-0.39, 0.29) is 22.4 Å². The monoisotopic (exact) mass is 381 g/mol. The number of ether oxygens (including phenoxy) is 1. The highest BCUT2D eigenvalue weighted by Gasteiger charge is 2.31. The number of amides is 2. The third-order valence-corrected chi connectivity index (χ3v) is 4.38. The molecular weight excluding hydrogens is 369 g/mol. The molecule has 25 heavy (non-hydrogen) atoms. The normalized spacial score (nSPS) is 16.1. The zero-order chi connectivity index (χ0) is 18.0. The van der Waals surface area contributed by atoms with Crippen molar-refractivity contribution in [1.29, 1.82) is 0 Å². The minimum atomic E-state index is -0.990. The van der Waals surface area contributed by atoms with Gasteiger partial charge < -0.3 is 15.4 Å². The van der Waals surface area contributed by atoms with Gasteiger partial charge in [0.2, 0.25) is 0 Å². The van der Waals surface area contributed by atoms with Crippen molar-refractivity contribution in [2.24, 2.45) is 0 Å². The lowest BCUT2D eigenvalue weighted by Crippen LogP contribution is -2.37. The smallest absolute Gasteiger partial charge is 0.258 e. The summed E-state index contributed by atoms with van der Waals surface area (Å²) in [5.41, 5.74) is 3.37. The SMILES string of the molecule is O=C1COc2c(ccc(Cl)c2Cl)C(C(=O)Nc2ccc(NO)cc2)N1. The minimum absolute atomic E-state index is 0.145. The first kappa shape index (κ1) is 17.3. The van der Waals surface area contributed by atoms with Crippen molar-refractivity contribution in [3.05, 3.63) is 52.0 Å². The van der Waals surface area contributed by atoms with E-state index in [0.717, 1.165) is 0 Å². The molecule has 0 aliphatic carbocycles. The molecule has 0 spiro atoms. The summed E-state index contributed by atoms with van der Waals surface area (Å²) in [6.45, 7) is -0.270. The van der Waals surface area contributed by atoms with Crippen LogP contribution in [0.5, 0.6) is 5.75 Å². The molecule has 1 unspecified atom stereocenters. The van der Waals surface area contributed by atoms with Gasteiger partial charge in [0.05, 0.1) is 10.7 Å². The van der Waals surface area contributed by atoms with E-state index in [1.807, 2.05) is 5.48 Å². The molecule has 1 heterocycles. The van der Waals surface area contributed by atoms with Crippen LogP contribution in [0, 0.1) is 0 Å². The predicted molar refractivity (Wildman–Crippen MR) is 93.3 cm³/mol. The number of hydrogen-bond acceptors (Lipinski definition) is 5. The van der Waals surface area contributed by atoms with Crippen LogP contribution in [0.4, 0.5) is 11.4 Å². The highest BCUT2D eigenvalue weighted by molar-refractivity contribution is 6.43. The van der Waals surface area contributed by atoms with Crippen molar-refractivity contribution in [2.75, 3.05) is 17.4 Å². The Kier molecular flexibility index (Phi) is 4.98. The minimum Gasteiger partial charge on any atom is -0.482 e. The highest BCUT2D eigenvalue weighted by atomic mass is 35.5. The van der Waals surface area contributed by atoms with Crippen molar-refractivity contribution in [3.8, 4) is 5.75 Å². The number of nitrogens with one attached hydrogen (secondary N) is 3. The maximum atomic E-state index is 12.7. The summed E-state index contributed by atoms with van der Waals surface area (Å²) in [5.74, 6) is -0.723. The summed E-state index contributed by atoms with van der Waals surface area (Å²) in [5, 5.41) is 14.5. The molecule has 4 N–H and O–H groups in total. The second-order valence-electron chi connectivity index (χ2n) is 5.25. The van der Waals surface area contributed by atoms with Gasteiger partial charge >= 0.3 is 0 Å². The number of halogens is 2. The number of carbonyl (C=O) groups excluding carboxylic acids is 2.